The molecule has 0 fully saturated rings. The SMILES string of the molecule is Cn1cc(CCC(=O)Nc2ccc(OCCN)cc2)c2ccccc21. The lowest BCUT2D eigenvalue weighted by Crippen LogP contribution is -2.12. The minimum Gasteiger partial charge on any atom is -0.492 e. The molecule has 1 aromatic heterocycles. The molecular weight excluding hydrogens is 314 g/mol. The third kappa shape index (κ3) is 4.19. The number of carbonyl (C=O) groups excluding carboxylic acids is 1. The summed E-state index contributed by atoms with van der Waals surface area (Å²) >= 11 is 0. The standard InChI is InChI=1S/C20H23N3O2/c1-23-14-15(18-4-2-3-5-19(18)23)6-11-20(24)22-16-7-9-17(10-8-16)25-13-12-21/h2-5,7-10,14H,6,11-13,21H2,1H3,(H,22,24). The summed E-state index contributed by atoms with van der Waals surface area (Å²) in [6.45, 7) is 0.962. The first-order valence-corrected chi connectivity index (χ1v) is 8.43. The molecule has 2 aromatic carbocycles. The zero-order valence-corrected chi connectivity index (χ0v) is 14.4. The molecule has 0 radical (unpaired) electrons. The highest BCUT2D eigenvalue weighted by Gasteiger charge is 2.09. The molecule has 0 atom stereocenters. The predicted molar refractivity (Wildman–Crippen MR) is 101 cm³/mol. The Morgan fingerprint density at radius 3 is 2.68 bits per heavy atom. The molecule has 25 heavy (non-hydrogen) atoms. The van der Waals surface area contributed by atoms with Crippen molar-refractivity contribution in [3.05, 3.63) is 60.3 Å². The lowest BCUT2D eigenvalue weighted by atomic mass is 10.1. The summed E-state index contributed by atoms with van der Waals surface area (Å²) in [5, 5.41) is 4.13. The molecule has 5 heteroatoms. The Balaban J connectivity index is 1.57. The smallest absolute Gasteiger partial charge is 0.224 e. The maximum absolute atomic E-state index is 12.2. The Labute approximate surface area is 147 Å². The van der Waals surface area contributed by atoms with Gasteiger partial charge in [0.1, 0.15) is 12.4 Å². The fourth-order valence-corrected chi connectivity index (χ4v) is 2.91. The third-order valence-corrected chi connectivity index (χ3v) is 4.13. The fourth-order valence-electron chi connectivity index (χ4n) is 2.91. The van der Waals surface area contributed by atoms with E-state index in [1.807, 2.05) is 43.4 Å². The van der Waals surface area contributed by atoms with E-state index >= 15 is 0 Å². The second kappa shape index (κ2) is 7.85. The number of ether oxygens (including phenoxy) is 1. The third-order valence-electron chi connectivity index (χ3n) is 4.13. The van der Waals surface area contributed by atoms with Gasteiger partial charge in [-0.3, -0.25) is 4.79 Å². The lowest BCUT2D eigenvalue weighted by molar-refractivity contribution is -0.116. The van der Waals surface area contributed by atoms with Gasteiger partial charge in [-0.1, -0.05) is 18.2 Å². The van der Waals surface area contributed by atoms with Gasteiger partial charge < -0.3 is 20.4 Å². The molecule has 0 bridgehead atoms. The van der Waals surface area contributed by atoms with Crippen LogP contribution in [0.25, 0.3) is 10.9 Å². The van der Waals surface area contributed by atoms with Crippen LogP contribution in [0.3, 0.4) is 0 Å². The van der Waals surface area contributed by atoms with Gasteiger partial charge in [0.25, 0.3) is 0 Å². The van der Waals surface area contributed by atoms with Gasteiger partial charge in [-0.05, 0) is 42.3 Å². The Bertz CT molecular complexity index is 853. The fraction of sp³-hybridized carbons (Fsp3) is 0.250. The van der Waals surface area contributed by atoms with Gasteiger partial charge in [0, 0.05) is 42.8 Å². The minimum atomic E-state index is 0.00330. The number of nitrogens with two attached hydrogens (primary N) is 1. The van der Waals surface area contributed by atoms with Crippen LogP contribution in [0.5, 0.6) is 5.75 Å². The molecule has 0 unspecified atom stereocenters. The number of anilines is 1. The van der Waals surface area contributed by atoms with Crippen LogP contribution in [-0.2, 0) is 18.3 Å². The number of rotatable bonds is 7. The first-order valence-electron chi connectivity index (χ1n) is 8.43. The van der Waals surface area contributed by atoms with Gasteiger partial charge >= 0.3 is 0 Å². The van der Waals surface area contributed by atoms with E-state index in [0.717, 1.165) is 11.4 Å². The molecule has 0 saturated carbocycles. The van der Waals surface area contributed by atoms with Crippen molar-refractivity contribution in [1.82, 2.24) is 4.57 Å². The predicted octanol–water partition coefficient (Wildman–Crippen LogP) is 3.09. The van der Waals surface area contributed by atoms with E-state index in [1.165, 1.54) is 16.5 Å². The Kier molecular flexibility index (Phi) is 5.36. The monoisotopic (exact) mass is 337 g/mol. The highest BCUT2D eigenvalue weighted by molar-refractivity contribution is 5.91. The number of amides is 1. The van der Waals surface area contributed by atoms with Crippen LogP contribution < -0.4 is 15.8 Å². The number of aromatic nitrogens is 1. The van der Waals surface area contributed by atoms with Crippen LogP contribution in [0.4, 0.5) is 5.69 Å². The Morgan fingerprint density at radius 2 is 1.92 bits per heavy atom. The molecule has 1 amide bonds. The molecule has 1 heterocycles. The van der Waals surface area contributed by atoms with Crippen molar-refractivity contribution >= 4 is 22.5 Å². The summed E-state index contributed by atoms with van der Waals surface area (Å²) in [5.74, 6) is 0.753. The van der Waals surface area contributed by atoms with E-state index in [9.17, 15) is 4.79 Å². The summed E-state index contributed by atoms with van der Waals surface area (Å²) < 4.78 is 7.52. The van der Waals surface area contributed by atoms with Gasteiger partial charge in [-0.2, -0.15) is 0 Å². The Hall–Kier alpha value is -2.79. The zero-order chi connectivity index (χ0) is 17.6. The van der Waals surface area contributed by atoms with Crippen molar-refractivity contribution in [3.8, 4) is 5.75 Å². The van der Waals surface area contributed by atoms with E-state index in [1.54, 1.807) is 0 Å². The van der Waals surface area contributed by atoms with E-state index in [0.29, 0.717) is 26.0 Å². The molecule has 0 aliphatic heterocycles. The molecule has 0 aliphatic rings. The second-order valence-corrected chi connectivity index (χ2v) is 5.99. The van der Waals surface area contributed by atoms with Crippen LogP contribution in [0.15, 0.2) is 54.7 Å². The molecular formula is C20H23N3O2. The van der Waals surface area contributed by atoms with Crippen molar-refractivity contribution < 1.29 is 9.53 Å². The lowest BCUT2D eigenvalue weighted by Gasteiger charge is -2.07. The molecule has 0 spiro atoms. The van der Waals surface area contributed by atoms with Crippen molar-refractivity contribution in [2.45, 2.75) is 12.8 Å². The topological polar surface area (TPSA) is 69.3 Å². The molecule has 130 valence electrons. The van der Waals surface area contributed by atoms with Gasteiger partial charge in [0.05, 0.1) is 0 Å². The number of fused-ring (bicyclic) bond motifs is 1. The van der Waals surface area contributed by atoms with Crippen molar-refractivity contribution in [2.24, 2.45) is 12.8 Å². The van der Waals surface area contributed by atoms with E-state index < -0.39 is 0 Å². The van der Waals surface area contributed by atoms with Crippen molar-refractivity contribution in [3.63, 3.8) is 0 Å². The first-order chi connectivity index (χ1) is 12.2. The highest BCUT2D eigenvalue weighted by atomic mass is 16.5. The number of aryl methyl sites for hydroxylation is 2. The molecule has 3 aromatic rings. The van der Waals surface area contributed by atoms with Crippen LogP contribution >= 0.6 is 0 Å². The molecule has 0 saturated heterocycles. The summed E-state index contributed by atoms with van der Waals surface area (Å²) in [6, 6.07) is 15.6. The van der Waals surface area contributed by atoms with E-state index in [4.69, 9.17) is 10.5 Å². The molecule has 5 nitrogen and oxygen atoms in total. The number of hydrogen-bond donors (Lipinski definition) is 2. The van der Waals surface area contributed by atoms with Crippen LogP contribution in [0.1, 0.15) is 12.0 Å². The summed E-state index contributed by atoms with van der Waals surface area (Å²) in [5.41, 5.74) is 8.55. The summed E-state index contributed by atoms with van der Waals surface area (Å²) in [7, 11) is 2.03. The van der Waals surface area contributed by atoms with Gasteiger partial charge in [-0.25, -0.2) is 0 Å². The normalized spacial score (nSPS) is 10.8. The van der Waals surface area contributed by atoms with Crippen LogP contribution in [-0.4, -0.2) is 23.6 Å². The number of para-hydroxylation sites is 1. The van der Waals surface area contributed by atoms with Crippen molar-refractivity contribution in [2.75, 3.05) is 18.5 Å². The maximum atomic E-state index is 12.2. The second-order valence-electron chi connectivity index (χ2n) is 5.99. The average Bonchev–Trinajstić information content (AvgIpc) is 2.96. The minimum absolute atomic E-state index is 0.00330. The molecule has 0 aliphatic carbocycles. The average molecular weight is 337 g/mol. The number of carbonyl (C=O) groups is 1. The van der Waals surface area contributed by atoms with E-state index in [2.05, 4.69) is 28.2 Å². The van der Waals surface area contributed by atoms with Gasteiger partial charge in [0.2, 0.25) is 5.91 Å². The Morgan fingerprint density at radius 1 is 1.16 bits per heavy atom. The first kappa shape index (κ1) is 17.0. The number of benzene rings is 2. The van der Waals surface area contributed by atoms with Gasteiger partial charge in [-0.15, -0.1) is 0 Å². The van der Waals surface area contributed by atoms with Crippen molar-refractivity contribution in [1.29, 1.82) is 0 Å². The summed E-state index contributed by atoms with van der Waals surface area (Å²) in [6.07, 6.45) is 3.26. The largest absolute Gasteiger partial charge is 0.492 e. The van der Waals surface area contributed by atoms with Crippen LogP contribution in [0.2, 0.25) is 0 Å². The number of nitrogens with zero attached hydrogens (tertiary/aromatic N) is 1. The van der Waals surface area contributed by atoms with Gasteiger partial charge in [0.15, 0.2) is 0 Å². The van der Waals surface area contributed by atoms with Crippen LogP contribution in [0, 0.1) is 0 Å². The quantitative estimate of drug-likeness (QED) is 0.696. The zero-order valence-electron chi connectivity index (χ0n) is 14.4. The number of nitrogens with one attached hydrogen (secondary N) is 1. The molecule has 3 N–H and O–H groups in total. The van der Waals surface area contributed by atoms with E-state index in [-0.39, 0.29) is 5.91 Å². The molecule has 3 rings (SSSR count). The number of hydrogen-bond acceptors (Lipinski definition) is 3. The summed E-state index contributed by atoms with van der Waals surface area (Å²) in [4.78, 5) is 12.2. The highest BCUT2D eigenvalue weighted by Crippen LogP contribution is 2.22. The maximum Gasteiger partial charge on any atom is 0.224 e.